The molecular formula is C10H18N2O2S. The Hall–Kier alpha value is -0.710. The number of aliphatic carboxylic acids is 1. The van der Waals surface area contributed by atoms with Crippen LogP contribution >= 0.6 is 12.6 Å². The van der Waals surface area contributed by atoms with Gasteiger partial charge in [0.15, 0.2) is 6.04 Å². The average molecular weight is 230 g/mol. The highest BCUT2D eigenvalue weighted by Gasteiger charge is 2.17. The summed E-state index contributed by atoms with van der Waals surface area (Å²) in [5.74, 6) is 0.274. The molecule has 1 aliphatic rings. The number of nitrogens with zero attached hydrogens (tertiary/aromatic N) is 2. The van der Waals surface area contributed by atoms with E-state index >= 15 is 0 Å². The molecule has 15 heavy (non-hydrogen) atoms. The van der Waals surface area contributed by atoms with Crippen LogP contribution in [-0.4, -0.2) is 47.2 Å². The van der Waals surface area contributed by atoms with Crippen LogP contribution in [0.2, 0.25) is 0 Å². The van der Waals surface area contributed by atoms with Crippen LogP contribution in [0.25, 0.3) is 0 Å². The predicted octanol–water partition coefficient (Wildman–Crippen LogP) is 1.27. The summed E-state index contributed by atoms with van der Waals surface area (Å²) in [5.41, 5.74) is 0. The smallest absolute Gasteiger partial charge is 0.329 e. The van der Waals surface area contributed by atoms with Crippen LogP contribution in [0.4, 0.5) is 0 Å². The molecule has 1 fully saturated rings. The summed E-state index contributed by atoms with van der Waals surface area (Å²) in [6.07, 6.45) is 4.34. The fourth-order valence-electron chi connectivity index (χ4n) is 1.65. The van der Waals surface area contributed by atoms with Crippen molar-refractivity contribution in [3.05, 3.63) is 0 Å². The van der Waals surface area contributed by atoms with Crippen molar-refractivity contribution in [2.45, 2.75) is 31.7 Å². The topological polar surface area (TPSA) is 52.9 Å². The van der Waals surface area contributed by atoms with E-state index < -0.39 is 12.0 Å². The first-order valence-corrected chi connectivity index (χ1v) is 5.90. The quantitative estimate of drug-likeness (QED) is 0.718. The third-order valence-electron chi connectivity index (χ3n) is 2.60. The van der Waals surface area contributed by atoms with Gasteiger partial charge in [-0.05, 0) is 12.8 Å². The molecule has 1 heterocycles. The number of hydrogen-bond donors (Lipinski definition) is 2. The van der Waals surface area contributed by atoms with E-state index in [1.54, 1.807) is 0 Å². The fourth-order valence-corrected chi connectivity index (χ4v) is 1.88. The zero-order chi connectivity index (χ0) is 11.3. The number of carboxylic acids is 1. The first kappa shape index (κ1) is 12.4. The van der Waals surface area contributed by atoms with Crippen molar-refractivity contribution in [1.29, 1.82) is 0 Å². The van der Waals surface area contributed by atoms with E-state index in [-0.39, 0.29) is 5.75 Å². The molecule has 0 saturated carbocycles. The molecular weight excluding hydrogens is 212 g/mol. The lowest BCUT2D eigenvalue weighted by atomic mass is 10.2. The minimum absolute atomic E-state index is 0.257. The summed E-state index contributed by atoms with van der Waals surface area (Å²) in [6, 6.07) is -0.705. The van der Waals surface area contributed by atoms with E-state index in [1.165, 1.54) is 6.42 Å². The average Bonchev–Trinajstić information content (AvgIpc) is 2.39. The highest BCUT2D eigenvalue weighted by Crippen LogP contribution is 2.12. The molecule has 86 valence electrons. The summed E-state index contributed by atoms with van der Waals surface area (Å²) < 4.78 is 0. The minimum Gasteiger partial charge on any atom is -0.480 e. The number of carboxylic acid groups (broad SMARTS) is 1. The van der Waals surface area contributed by atoms with E-state index in [1.807, 2.05) is 7.05 Å². The van der Waals surface area contributed by atoms with E-state index in [0.29, 0.717) is 0 Å². The van der Waals surface area contributed by atoms with Gasteiger partial charge < -0.3 is 10.0 Å². The van der Waals surface area contributed by atoms with Gasteiger partial charge in [-0.1, -0.05) is 6.42 Å². The lowest BCUT2D eigenvalue weighted by molar-refractivity contribution is -0.137. The Balaban J connectivity index is 2.72. The largest absolute Gasteiger partial charge is 0.480 e. The van der Waals surface area contributed by atoms with Crippen LogP contribution in [0.5, 0.6) is 0 Å². The zero-order valence-electron chi connectivity index (χ0n) is 9.02. The van der Waals surface area contributed by atoms with E-state index in [4.69, 9.17) is 5.11 Å². The summed E-state index contributed by atoms with van der Waals surface area (Å²) in [7, 11) is 1.97. The molecule has 1 N–H and O–H groups in total. The van der Waals surface area contributed by atoms with E-state index in [2.05, 4.69) is 22.5 Å². The number of hydrogen-bond acceptors (Lipinski definition) is 3. The SMILES string of the molecule is CN1CCCCCC1=N[C@@H](CS)C(=O)O. The van der Waals surface area contributed by atoms with Crippen molar-refractivity contribution in [1.82, 2.24) is 4.90 Å². The molecule has 0 spiro atoms. The van der Waals surface area contributed by atoms with Crippen molar-refractivity contribution in [3.8, 4) is 0 Å². The normalized spacial score (nSPS) is 22.5. The van der Waals surface area contributed by atoms with Crippen molar-refractivity contribution < 1.29 is 9.90 Å². The Morgan fingerprint density at radius 3 is 2.93 bits per heavy atom. The van der Waals surface area contributed by atoms with Crippen molar-refractivity contribution in [3.63, 3.8) is 0 Å². The molecule has 5 heteroatoms. The second-order valence-corrected chi connectivity index (χ2v) is 4.18. The van der Waals surface area contributed by atoms with Gasteiger partial charge in [-0.2, -0.15) is 12.6 Å². The predicted molar refractivity (Wildman–Crippen MR) is 63.8 cm³/mol. The second kappa shape index (κ2) is 6.00. The Kier molecular flexibility index (Phi) is 4.94. The summed E-state index contributed by atoms with van der Waals surface area (Å²) >= 11 is 4.00. The molecule has 1 rings (SSSR count). The monoisotopic (exact) mass is 230 g/mol. The van der Waals surface area contributed by atoms with Gasteiger partial charge in [0, 0.05) is 25.8 Å². The van der Waals surface area contributed by atoms with Crippen LogP contribution in [-0.2, 0) is 4.79 Å². The number of amidine groups is 1. The fraction of sp³-hybridized carbons (Fsp3) is 0.800. The van der Waals surface area contributed by atoms with E-state index in [0.717, 1.165) is 31.6 Å². The highest BCUT2D eigenvalue weighted by atomic mass is 32.1. The van der Waals surface area contributed by atoms with Crippen LogP contribution in [0.1, 0.15) is 25.7 Å². The molecule has 0 unspecified atom stereocenters. The maximum atomic E-state index is 10.8. The molecule has 4 nitrogen and oxygen atoms in total. The maximum Gasteiger partial charge on any atom is 0.329 e. The third-order valence-corrected chi connectivity index (χ3v) is 2.94. The van der Waals surface area contributed by atoms with Crippen molar-refractivity contribution in [2.75, 3.05) is 19.3 Å². The van der Waals surface area contributed by atoms with E-state index in [9.17, 15) is 4.79 Å². The molecule has 1 atom stereocenters. The second-order valence-electron chi connectivity index (χ2n) is 3.81. The summed E-state index contributed by atoms with van der Waals surface area (Å²) in [5, 5.41) is 8.89. The lowest BCUT2D eigenvalue weighted by Gasteiger charge is -2.19. The van der Waals surface area contributed by atoms with Gasteiger partial charge in [-0.15, -0.1) is 0 Å². The number of carbonyl (C=O) groups is 1. The van der Waals surface area contributed by atoms with Crippen molar-refractivity contribution in [2.24, 2.45) is 4.99 Å². The Morgan fingerprint density at radius 2 is 2.33 bits per heavy atom. The van der Waals surface area contributed by atoms with Crippen LogP contribution in [0, 0.1) is 0 Å². The van der Waals surface area contributed by atoms with Gasteiger partial charge in [-0.25, -0.2) is 4.79 Å². The number of thiol groups is 1. The number of rotatable bonds is 3. The lowest BCUT2D eigenvalue weighted by Crippen LogP contribution is -2.30. The van der Waals surface area contributed by atoms with Gasteiger partial charge in [0.1, 0.15) is 0 Å². The molecule has 0 aliphatic carbocycles. The molecule has 0 amide bonds. The molecule has 0 aromatic carbocycles. The number of likely N-dealkylation sites (tertiary alicyclic amines) is 1. The molecule has 0 bridgehead atoms. The first-order chi connectivity index (χ1) is 7.15. The number of aliphatic imine (C=N–C) groups is 1. The standard InChI is InChI=1S/C10H18N2O2S/c1-12-6-4-2-3-5-9(12)11-8(7-15)10(13)14/h8,15H,2-7H2,1H3,(H,13,14)/t8-/m0/s1. The Bertz CT molecular complexity index is 256. The van der Waals surface area contributed by atoms with Crippen LogP contribution in [0.3, 0.4) is 0 Å². The summed E-state index contributed by atoms with van der Waals surface area (Å²) in [4.78, 5) is 17.1. The highest BCUT2D eigenvalue weighted by molar-refractivity contribution is 7.80. The van der Waals surface area contributed by atoms with Gasteiger partial charge in [0.2, 0.25) is 0 Å². The Labute approximate surface area is 95.8 Å². The zero-order valence-corrected chi connectivity index (χ0v) is 9.91. The Morgan fingerprint density at radius 1 is 1.60 bits per heavy atom. The molecule has 0 aromatic heterocycles. The van der Waals surface area contributed by atoms with Crippen molar-refractivity contribution >= 4 is 24.4 Å². The molecule has 0 aromatic rings. The van der Waals surface area contributed by atoms with Gasteiger partial charge >= 0.3 is 5.97 Å². The summed E-state index contributed by atoms with van der Waals surface area (Å²) in [6.45, 7) is 0.970. The maximum absolute atomic E-state index is 10.8. The molecule has 0 radical (unpaired) electrons. The first-order valence-electron chi connectivity index (χ1n) is 5.26. The third kappa shape index (κ3) is 3.74. The minimum atomic E-state index is -0.893. The molecule has 1 saturated heterocycles. The van der Waals surface area contributed by atoms with Gasteiger partial charge in [0.25, 0.3) is 0 Å². The van der Waals surface area contributed by atoms with Gasteiger partial charge in [-0.3, -0.25) is 4.99 Å². The van der Waals surface area contributed by atoms with Gasteiger partial charge in [0.05, 0.1) is 5.84 Å². The van der Waals surface area contributed by atoms with Crippen LogP contribution in [0.15, 0.2) is 4.99 Å². The van der Waals surface area contributed by atoms with Crippen LogP contribution < -0.4 is 0 Å². The molecule has 1 aliphatic heterocycles.